The lowest BCUT2D eigenvalue weighted by atomic mass is 10.2. The molecule has 0 bridgehead atoms. The summed E-state index contributed by atoms with van der Waals surface area (Å²) in [7, 11) is 0. The molecule has 0 spiro atoms. The predicted octanol–water partition coefficient (Wildman–Crippen LogP) is 2.38. The molecule has 0 radical (unpaired) electrons. The molecule has 0 aromatic carbocycles. The third-order valence-electron chi connectivity index (χ3n) is 1.86. The lowest BCUT2D eigenvalue weighted by Gasteiger charge is -2.10. The summed E-state index contributed by atoms with van der Waals surface area (Å²) in [5, 5.41) is 0.595. The Morgan fingerprint density at radius 1 is 1.73 bits per heavy atom. The van der Waals surface area contributed by atoms with Gasteiger partial charge in [-0.05, 0) is 18.1 Å². The Balaban J connectivity index is 2.01. The Morgan fingerprint density at radius 3 is 3.09 bits per heavy atom. The summed E-state index contributed by atoms with van der Waals surface area (Å²) in [5.41, 5.74) is 0. The molecular weight excluding hydrogens is 180 g/mol. The second kappa shape index (κ2) is 5.28. The largest absolute Gasteiger partial charge is 0.381 e. The number of rotatable bonds is 4. The van der Waals surface area contributed by atoms with E-state index in [-0.39, 0.29) is 0 Å². The van der Waals surface area contributed by atoms with Crippen molar-refractivity contribution >= 4 is 23.4 Å². The summed E-state index contributed by atoms with van der Waals surface area (Å²) in [5.74, 6) is 2.76. The van der Waals surface area contributed by atoms with E-state index >= 15 is 0 Å². The summed E-state index contributed by atoms with van der Waals surface area (Å²) in [6, 6.07) is 0. The van der Waals surface area contributed by atoms with E-state index in [1.807, 2.05) is 11.8 Å². The van der Waals surface area contributed by atoms with Crippen molar-refractivity contribution in [2.75, 3.05) is 24.8 Å². The fraction of sp³-hybridized carbons (Fsp3) is 1.00. The molecule has 1 heterocycles. The van der Waals surface area contributed by atoms with E-state index in [1.165, 1.54) is 12.2 Å². The molecule has 1 fully saturated rings. The average Bonchev–Trinajstić information content (AvgIpc) is 2.52. The molecule has 1 aliphatic heterocycles. The maximum absolute atomic E-state index is 5.69. The zero-order valence-corrected chi connectivity index (χ0v) is 8.46. The van der Waals surface area contributed by atoms with Crippen molar-refractivity contribution in [3.8, 4) is 0 Å². The molecule has 1 rings (SSSR count). The zero-order valence-electron chi connectivity index (χ0n) is 6.88. The van der Waals surface area contributed by atoms with Crippen molar-refractivity contribution in [1.82, 2.24) is 0 Å². The second-order valence-corrected chi connectivity index (χ2v) is 4.81. The SMILES string of the molecule is CC(CCl)SCC1CCOC1. The molecule has 66 valence electrons. The van der Waals surface area contributed by atoms with E-state index in [0.29, 0.717) is 5.25 Å². The van der Waals surface area contributed by atoms with Crippen LogP contribution in [0.25, 0.3) is 0 Å². The van der Waals surface area contributed by atoms with Gasteiger partial charge in [0.15, 0.2) is 0 Å². The van der Waals surface area contributed by atoms with Crippen molar-refractivity contribution < 1.29 is 4.74 Å². The highest BCUT2D eigenvalue weighted by atomic mass is 35.5. The van der Waals surface area contributed by atoms with Crippen LogP contribution in [0, 0.1) is 5.92 Å². The summed E-state index contributed by atoms with van der Waals surface area (Å²) < 4.78 is 5.28. The molecule has 1 nitrogen and oxygen atoms in total. The summed E-state index contributed by atoms with van der Waals surface area (Å²) in [4.78, 5) is 0. The van der Waals surface area contributed by atoms with E-state index in [4.69, 9.17) is 16.3 Å². The van der Waals surface area contributed by atoms with Gasteiger partial charge >= 0.3 is 0 Å². The number of ether oxygens (including phenoxy) is 1. The quantitative estimate of drug-likeness (QED) is 0.636. The molecule has 0 aromatic heterocycles. The lowest BCUT2D eigenvalue weighted by molar-refractivity contribution is 0.189. The van der Waals surface area contributed by atoms with Gasteiger partial charge in [-0.1, -0.05) is 6.92 Å². The van der Waals surface area contributed by atoms with Crippen LogP contribution in [0.3, 0.4) is 0 Å². The maximum Gasteiger partial charge on any atom is 0.0503 e. The molecule has 0 aromatic rings. The van der Waals surface area contributed by atoms with Crippen LogP contribution in [-0.2, 0) is 4.74 Å². The van der Waals surface area contributed by atoms with E-state index in [9.17, 15) is 0 Å². The van der Waals surface area contributed by atoms with Gasteiger partial charge in [0.1, 0.15) is 0 Å². The van der Waals surface area contributed by atoms with Crippen LogP contribution in [-0.4, -0.2) is 30.1 Å². The minimum atomic E-state index is 0.595. The lowest BCUT2D eigenvalue weighted by Crippen LogP contribution is -2.07. The minimum absolute atomic E-state index is 0.595. The summed E-state index contributed by atoms with van der Waals surface area (Å²) in [6.07, 6.45) is 1.24. The highest BCUT2D eigenvalue weighted by Crippen LogP contribution is 2.21. The first kappa shape index (κ1) is 9.69. The fourth-order valence-corrected chi connectivity index (χ4v) is 2.28. The van der Waals surface area contributed by atoms with Gasteiger partial charge < -0.3 is 4.74 Å². The molecule has 3 heteroatoms. The van der Waals surface area contributed by atoms with Gasteiger partial charge in [0.2, 0.25) is 0 Å². The van der Waals surface area contributed by atoms with E-state index < -0.39 is 0 Å². The average molecular weight is 195 g/mol. The zero-order chi connectivity index (χ0) is 8.10. The van der Waals surface area contributed by atoms with Gasteiger partial charge in [0.25, 0.3) is 0 Å². The first-order chi connectivity index (χ1) is 5.33. The van der Waals surface area contributed by atoms with Crippen LogP contribution in [0.15, 0.2) is 0 Å². The van der Waals surface area contributed by atoms with Crippen molar-refractivity contribution in [2.45, 2.75) is 18.6 Å². The van der Waals surface area contributed by atoms with Crippen LogP contribution in [0.4, 0.5) is 0 Å². The number of alkyl halides is 1. The van der Waals surface area contributed by atoms with Crippen LogP contribution < -0.4 is 0 Å². The molecule has 0 aliphatic carbocycles. The smallest absolute Gasteiger partial charge is 0.0503 e. The van der Waals surface area contributed by atoms with Crippen molar-refractivity contribution in [2.24, 2.45) is 5.92 Å². The monoisotopic (exact) mass is 194 g/mol. The topological polar surface area (TPSA) is 9.23 Å². The number of halogens is 1. The highest BCUT2D eigenvalue weighted by Gasteiger charge is 2.16. The molecule has 0 amide bonds. The van der Waals surface area contributed by atoms with Crippen molar-refractivity contribution in [3.05, 3.63) is 0 Å². The van der Waals surface area contributed by atoms with E-state index in [1.54, 1.807) is 0 Å². The second-order valence-electron chi connectivity index (χ2n) is 3.03. The Morgan fingerprint density at radius 2 is 2.55 bits per heavy atom. The molecular formula is C8H15ClOS. The van der Waals surface area contributed by atoms with Crippen molar-refractivity contribution in [1.29, 1.82) is 0 Å². The normalized spacial score (nSPS) is 27.3. The van der Waals surface area contributed by atoms with Crippen LogP contribution in [0.2, 0.25) is 0 Å². The number of thioether (sulfide) groups is 1. The molecule has 0 N–H and O–H groups in total. The molecule has 2 unspecified atom stereocenters. The highest BCUT2D eigenvalue weighted by molar-refractivity contribution is 7.99. The van der Waals surface area contributed by atoms with Crippen LogP contribution >= 0.6 is 23.4 Å². The standard InChI is InChI=1S/C8H15ClOS/c1-7(4-9)11-6-8-2-3-10-5-8/h7-8H,2-6H2,1H3. The summed E-state index contributed by atoms with van der Waals surface area (Å²) >= 11 is 7.65. The van der Waals surface area contributed by atoms with Gasteiger partial charge in [-0.25, -0.2) is 0 Å². The van der Waals surface area contributed by atoms with Gasteiger partial charge in [0, 0.05) is 17.7 Å². The third kappa shape index (κ3) is 3.68. The van der Waals surface area contributed by atoms with Gasteiger partial charge in [0.05, 0.1) is 6.61 Å². The van der Waals surface area contributed by atoms with Gasteiger partial charge in [-0.15, -0.1) is 11.6 Å². The molecule has 11 heavy (non-hydrogen) atoms. The van der Waals surface area contributed by atoms with Gasteiger partial charge in [-0.3, -0.25) is 0 Å². The van der Waals surface area contributed by atoms with E-state index in [2.05, 4.69) is 6.92 Å². The fourth-order valence-electron chi connectivity index (χ4n) is 1.06. The van der Waals surface area contributed by atoms with E-state index in [0.717, 1.165) is 25.0 Å². The Kier molecular flexibility index (Phi) is 4.65. The molecule has 2 atom stereocenters. The molecule has 1 aliphatic rings. The Hall–Kier alpha value is 0.600. The molecule has 1 saturated heterocycles. The molecule has 0 saturated carbocycles. The number of hydrogen-bond acceptors (Lipinski definition) is 2. The Bertz CT molecular complexity index is 104. The first-order valence-electron chi connectivity index (χ1n) is 4.08. The van der Waals surface area contributed by atoms with Crippen molar-refractivity contribution in [3.63, 3.8) is 0 Å². The minimum Gasteiger partial charge on any atom is -0.381 e. The third-order valence-corrected chi connectivity index (χ3v) is 3.90. The summed E-state index contributed by atoms with van der Waals surface area (Å²) in [6.45, 7) is 4.09. The van der Waals surface area contributed by atoms with Crippen LogP contribution in [0.1, 0.15) is 13.3 Å². The number of hydrogen-bond donors (Lipinski definition) is 0. The van der Waals surface area contributed by atoms with Gasteiger partial charge in [-0.2, -0.15) is 11.8 Å². The predicted molar refractivity (Wildman–Crippen MR) is 51.6 cm³/mol. The Labute approximate surface area is 77.8 Å². The van der Waals surface area contributed by atoms with Crippen LogP contribution in [0.5, 0.6) is 0 Å². The maximum atomic E-state index is 5.69. The first-order valence-corrected chi connectivity index (χ1v) is 5.66.